The first kappa shape index (κ1) is 14.0. The lowest BCUT2D eigenvalue weighted by atomic mass is 10.1. The van der Waals surface area contributed by atoms with Crippen LogP contribution in [0.5, 0.6) is 0 Å². The highest BCUT2D eigenvalue weighted by Crippen LogP contribution is 2.15. The summed E-state index contributed by atoms with van der Waals surface area (Å²) in [6.07, 6.45) is 4.04. The molecule has 0 bridgehead atoms. The van der Waals surface area contributed by atoms with Crippen molar-refractivity contribution in [2.45, 2.75) is 13.3 Å². The van der Waals surface area contributed by atoms with Gasteiger partial charge in [-0.05, 0) is 36.2 Å². The predicted octanol–water partition coefficient (Wildman–Crippen LogP) is 3.55. The maximum Gasteiger partial charge on any atom is 0.113 e. The van der Waals surface area contributed by atoms with Crippen molar-refractivity contribution >= 4 is 28.6 Å². The Morgan fingerprint density at radius 3 is 2.68 bits per heavy atom. The van der Waals surface area contributed by atoms with Crippen LogP contribution in [-0.2, 0) is 6.42 Å². The standard InChI is InChI=1S/C17H17N5/c1-2-13-7-9-14(10-8-13)19-12-15(11-18)22-17-6-4-3-5-16(17)20-21-22/h3-12,18-19H,2H2,1H3/b15-12+,18-11?. The predicted molar refractivity (Wildman–Crippen MR) is 90.0 cm³/mol. The molecule has 5 nitrogen and oxygen atoms in total. The number of hydrogen-bond acceptors (Lipinski definition) is 4. The first-order valence-corrected chi connectivity index (χ1v) is 7.18. The van der Waals surface area contributed by atoms with Gasteiger partial charge in [-0.15, -0.1) is 5.10 Å². The van der Waals surface area contributed by atoms with Crippen LogP contribution in [0.3, 0.4) is 0 Å². The average Bonchev–Trinajstić information content (AvgIpc) is 3.00. The summed E-state index contributed by atoms with van der Waals surface area (Å²) in [7, 11) is 0. The molecule has 0 saturated heterocycles. The molecule has 5 heteroatoms. The third-order valence-electron chi connectivity index (χ3n) is 3.49. The second-order valence-corrected chi connectivity index (χ2v) is 4.90. The third kappa shape index (κ3) is 2.74. The molecule has 0 aliphatic heterocycles. The first-order valence-electron chi connectivity index (χ1n) is 7.18. The molecule has 0 aliphatic rings. The van der Waals surface area contributed by atoms with E-state index in [2.05, 4.69) is 34.7 Å². The molecule has 3 rings (SSSR count). The number of anilines is 1. The topological polar surface area (TPSA) is 66.6 Å². The minimum absolute atomic E-state index is 0.619. The minimum atomic E-state index is 0.619. The normalized spacial score (nSPS) is 11.6. The van der Waals surface area contributed by atoms with Crippen LogP contribution in [0, 0.1) is 5.41 Å². The Balaban J connectivity index is 1.88. The smallest absolute Gasteiger partial charge is 0.113 e. The Bertz CT molecular complexity index is 814. The summed E-state index contributed by atoms with van der Waals surface area (Å²) in [4.78, 5) is 0. The molecule has 1 aromatic heterocycles. The van der Waals surface area contributed by atoms with Gasteiger partial charge in [0.25, 0.3) is 0 Å². The summed E-state index contributed by atoms with van der Waals surface area (Å²) < 4.78 is 1.65. The van der Waals surface area contributed by atoms with Crippen LogP contribution in [0.4, 0.5) is 5.69 Å². The van der Waals surface area contributed by atoms with Gasteiger partial charge in [-0.25, -0.2) is 4.68 Å². The van der Waals surface area contributed by atoms with Crippen molar-refractivity contribution in [1.29, 1.82) is 5.41 Å². The van der Waals surface area contributed by atoms with E-state index in [1.165, 1.54) is 11.8 Å². The van der Waals surface area contributed by atoms with E-state index in [1.807, 2.05) is 36.4 Å². The van der Waals surface area contributed by atoms with Gasteiger partial charge < -0.3 is 10.7 Å². The number of aryl methyl sites for hydroxylation is 1. The third-order valence-corrected chi connectivity index (χ3v) is 3.49. The van der Waals surface area contributed by atoms with Gasteiger partial charge in [0.15, 0.2) is 0 Å². The van der Waals surface area contributed by atoms with Crippen molar-refractivity contribution in [3.63, 3.8) is 0 Å². The molecule has 2 N–H and O–H groups in total. The highest BCUT2D eigenvalue weighted by Gasteiger charge is 2.06. The molecule has 0 saturated carbocycles. The van der Waals surface area contributed by atoms with Crippen molar-refractivity contribution in [3.05, 3.63) is 60.3 Å². The molecule has 0 unspecified atom stereocenters. The van der Waals surface area contributed by atoms with Crippen LogP contribution in [0.15, 0.2) is 54.7 Å². The number of rotatable bonds is 5. The summed E-state index contributed by atoms with van der Waals surface area (Å²) in [5, 5.41) is 19.0. The molecular formula is C17H17N5. The Morgan fingerprint density at radius 1 is 1.18 bits per heavy atom. The summed E-state index contributed by atoms with van der Waals surface area (Å²) in [5.74, 6) is 0. The lowest BCUT2D eigenvalue weighted by Crippen LogP contribution is -2.03. The van der Waals surface area contributed by atoms with E-state index >= 15 is 0 Å². The number of fused-ring (bicyclic) bond motifs is 1. The van der Waals surface area contributed by atoms with E-state index < -0.39 is 0 Å². The number of allylic oxidation sites excluding steroid dienone is 1. The van der Waals surface area contributed by atoms with Gasteiger partial charge in [0.1, 0.15) is 11.2 Å². The van der Waals surface area contributed by atoms with Gasteiger partial charge in [0.05, 0.1) is 5.52 Å². The lowest BCUT2D eigenvalue weighted by Gasteiger charge is -2.05. The average molecular weight is 291 g/mol. The number of benzene rings is 2. The molecule has 0 fully saturated rings. The van der Waals surface area contributed by atoms with E-state index in [9.17, 15) is 0 Å². The van der Waals surface area contributed by atoms with Crippen LogP contribution in [-0.4, -0.2) is 21.2 Å². The SMILES string of the molecule is CCc1ccc(N/C=C(\C=N)n2nnc3ccccc32)cc1. The van der Waals surface area contributed by atoms with Crippen LogP contribution >= 0.6 is 0 Å². The van der Waals surface area contributed by atoms with Crippen LogP contribution < -0.4 is 5.32 Å². The minimum Gasteiger partial charge on any atom is -0.360 e. The van der Waals surface area contributed by atoms with Gasteiger partial charge in [0.2, 0.25) is 0 Å². The van der Waals surface area contributed by atoms with E-state index in [0.29, 0.717) is 5.70 Å². The molecule has 0 spiro atoms. The lowest BCUT2D eigenvalue weighted by molar-refractivity contribution is 0.850. The molecule has 22 heavy (non-hydrogen) atoms. The molecule has 2 aromatic carbocycles. The molecule has 0 aliphatic carbocycles. The summed E-state index contributed by atoms with van der Waals surface area (Å²) >= 11 is 0. The maximum atomic E-state index is 7.62. The van der Waals surface area contributed by atoms with Crippen LogP contribution in [0.25, 0.3) is 16.7 Å². The zero-order chi connectivity index (χ0) is 15.4. The Labute approximate surface area is 128 Å². The van der Waals surface area contributed by atoms with Crippen LogP contribution in [0.2, 0.25) is 0 Å². The summed E-state index contributed by atoms with van der Waals surface area (Å²) in [6.45, 7) is 2.13. The number of para-hydroxylation sites is 1. The van der Waals surface area contributed by atoms with Crippen LogP contribution in [0.1, 0.15) is 12.5 Å². The fourth-order valence-corrected chi connectivity index (χ4v) is 2.22. The fraction of sp³-hybridized carbons (Fsp3) is 0.118. The number of nitrogens with zero attached hydrogens (tertiary/aromatic N) is 3. The largest absolute Gasteiger partial charge is 0.360 e. The first-order chi connectivity index (χ1) is 10.8. The Hall–Kier alpha value is -2.95. The van der Waals surface area contributed by atoms with Gasteiger partial charge in [-0.3, -0.25) is 0 Å². The van der Waals surface area contributed by atoms with E-state index in [1.54, 1.807) is 10.9 Å². The van der Waals surface area contributed by atoms with Gasteiger partial charge in [-0.1, -0.05) is 36.4 Å². The molecule has 3 aromatic rings. The monoisotopic (exact) mass is 291 g/mol. The number of aromatic nitrogens is 3. The van der Waals surface area contributed by atoms with Crippen molar-refractivity contribution < 1.29 is 0 Å². The molecule has 1 heterocycles. The highest BCUT2D eigenvalue weighted by molar-refractivity contribution is 6.03. The molecular weight excluding hydrogens is 274 g/mol. The van der Waals surface area contributed by atoms with Gasteiger partial charge in [0, 0.05) is 18.1 Å². The number of nitrogens with one attached hydrogen (secondary N) is 2. The van der Waals surface area contributed by atoms with E-state index in [4.69, 9.17) is 5.41 Å². The zero-order valence-corrected chi connectivity index (χ0v) is 12.3. The van der Waals surface area contributed by atoms with E-state index in [0.717, 1.165) is 23.1 Å². The zero-order valence-electron chi connectivity index (χ0n) is 12.3. The second kappa shape index (κ2) is 6.22. The Morgan fingerprint density at radius 2 is 1.95 bits per heavy atom. The molecule has 0 atom stereocenters. The molecule has 0 amide bonds. The second-order valence-electron chi connectivity index (χ2n) is 4.90. The maximum absolute atomic E-state index is 7.62. The van der Waals surface area contributed by atoms with Gasteiger partial charge in [-0.2, -0.15) is 0 Å². The van der Waals surface area contributed by atoms with Crippen molar-refractivity contribution in [2.75, 3.05) is 5.32 Å². The molecule has 0 radical (unpaired) electrons. The fourth-order valence-electron chi connectivity index (χ4n) is 2.22. The highest BCUT2D eigenvalue weighted by atomic mass is 15.4. The van der Waals surface area contributed by atoms with E-state index in [-0.39, 0.29) is 0 Å². The van der Waals surface area contributed by atoms with Crippen molar-refractivity contribution in [2.24, 2.45) is 0 Å². The molecule has 110 valence electrons. The van der Waals surface area contributed by atoms with Crippen molar-refractivity contribution in [3.8, 4) is 0 Å². The van der Waals surface area contributed by atoms with Gasteiger partial charge >= 0.3 is 0 Å². The quantitative estimate of drug-likeness (QED) is 0.706. The Kier molecular flexibility index (Phi) is 3.96. The summed E-state index contributed by atoms with van der Waals surface area (Å²) in [5.41, 5.74) is 4.57. The summed E-state index contributed by atoms with van der Waals surface area (Å²) in [6, 6.07) is 15.9. The van der Waals surface area contributed by atoms with Crippen molar-refractivity contribution in [1.82, 2.24) is 15.0 Å². The number of hydrogen-bond donors (Lipinski definition) is 2.